The summed E-state index contributed by atoms with van der Waals surface area (Å²) in [6, 6.07) is 0. The van der Waals surface area contributed by atoms with Crippen molar-refractivity contribution < 1.29 is 19.8 Å². The first-order valence-electron chi connectivity index (χ1n) is 6.17. The second kappa shape index (κ2) is 6.00. The zero-order valence-electron chi connectivity index (χ0n) is 10.2. The molecule has 0 saturated heterocycles. The number of nitrogens with one attached hydrogen (secondary N) is 1. The Morgan fingerprint density at radius 3 is 2.24 bits per heavy atom. The maximum absolute atomic E-state index is 11.8. The molecule has 1 atom stereocenters. The lowest BCUT2D eigenvalue weighted by atomic mass is 9.99. The van der Waals surface area contributed by atoms with Gasteiger partial charge in [-0.1, -0.05) is 25.7 Å². The molecule has 0 aromatic rings. The van der Waals surface area contributed by atoms with E-state index < -0.39 is 11.6 Å². The predicted molar refractivity (Wildman–Crippen MR) is 62.5 cm³/mol. The minimum atomic E-state index is -1.89. The summed E-state index contributed by atoms with van der Waals surface area (Å²) in [5.74, 6) is -1.48. The van der Waals surface area contributed by atoms with E-state index in [9.17, 15) is 14.7 Å². The predicted octanol–water partition coefficient (Wildman–Crippen LogP) is 0.909. The van der Waals surface area contributed by atoms with Crippen LogP contribution in [-0.2, 0) is 9.59 Å². The highest BCUT2D eigenvalue weighted by atomic mass is 16.4. The number of hydrogen-bond acceptors (Lipinski definition) is 3. The van der Waals surface area contributed by atoms with Gasteiger partial charge >= 0.3 is 5.97 Å². The highest BCUT2D eigenvalue weighted by Gasteiger charge is 2.31. The summed E-state index contributed by atoms with van der Waals surface area (Å²) in [6.45, 7) is 0.945. The number of aliphatic hydroxyl groups is 1. The van der Waals surface area contributed by atoms with Crippen molar-refractivity contribution in [3.63, 3.8) is 0 Å². The van der Waals surface area contributed by atoms with E-state index in [0.717, 1.165) is 38.5 Å². The van der Waals surface area contributed by atoms with Crippen LogP contribution in [0.25, 0.3) is 0 Å². The van der Waals surface area contributed by atoms with E-state index in [4.69, 9.17) is 5.11 Å². The second-order valence-corrected chi connectivity index (χ2v) is 4.99. The number of aliphatic carboxylic acids is 1. The lowest BCUT2D eigenvalue weighted by Gasteiger charge is -2.20. The van der Waals surface area contributed by atoms with Gasteiger partial charge in [-0.15, -0.1) is 0 Å². The van der Waals surface area contributed by atoms with E-state index in [1.165, 1.54) is 6.92 Å². The maximum atomic E-state index is 11.8. The summed E-state index contributed by atoms with van der Waals surface area (Å²) in [7, 11) is 0. The first-order chi connectivity index (χ1) is 7.93. The topological polar surface area (TPSA) is 86.6 Å². The van der Waals surface area contributed by atoms with Crippen molar-refractivity contribution >= 4 is 11.9 Å². The zero-order valence-corrected chi connectivity index (χ0v) is 10.2. The van der Waals surface area contributed by atoms with Crippen molar-refractivity contribution in [3.05, 3.63) is 0 Å². The van der Waals surface area contributed by atoms with E-state index in [0.29, 0.717) is 0 Å². The number of hydrogen-bond donors (Lipinski definition) is 3. The average molecular weight is 243 g/mol. The molecule has 1 rings (SSSR count). The summed E-state index contributed by atoms with van der Waals surface area (Å²) in [5, 5.41) is 20.7. The van der Waals surface area contributed by atoms with E-state index in [1.54, 1.807) is 0 Å². The van der Waals surface area contributed by atoms with Crippen LogP contribution >= 0.6 is 0 Å². The lowest BCUT2D eigenvalue weighted by molar-refractivity contribution is -0.156. The van der Waals surface area contributed by atoms with Gasteiger partial charge in [-0.25, -0.2) is 4.79 Å². The normalized spacial score (nSPS) is 21.3. The van der Waals surface area contributed by atoms with Gasteiger partial charge in [-0.05, 0) is 19.8 Å². The van der Waals surface area contributed by atoms with Gasteiger partial charge < -0.3 is 15.5 Å². The summed E-state index contributed by atoms with van der Waals surface area (Å²) >= 11 is 0. The largest absolute Gasteiger partial charge is 0.479 e. The number of carbonyl (C=O) groups excluding carboxylic acids is 1. The van der Waals surface area contributed by atoms with Crippen molar-refractivity contribution in [2.24, 2.45) is 5.92 Å². The summed E-state index contributed by atoms with van der Waals surface area (Å²) < 4.78 is 0. The molecule has 1 saturated carbocycles. The molecule has 0 spiro atoms. The van der Waals surface area contributed by atoms with E-state index >= 15 is 0 Å². The highest BCUT2D eigenvalue weighted by Crippen LogP contribution is 2.22. The first kappa shape index (κ1) is 14.0. The Kier molecular flexibility index (Phi) is 4.93. The van der Waals surface area contributed by atoms with E-state index in [2.05, 4.69) is 5.32 Å². The molecule has 1 amide bonds. The first-order valence-corrected chi connectivity index (χ1v) is 6.17. The van der Waals surface area contributed by atoms with Gasteiger partial charge in [0.1, 0.15) is 0 Å². The molecular formula is C12H21NO4. The molecule has 0 aromatic heterocycles. The van der Waals surface area contributed by atoms with Crippen LogP contribution in [0.1, 0.15) is 45.4 Å². The van der Waals surface area contributed by atoms with Crippen molar-refractivity contribution in [2.45, 2.75) is 51.0 Å². The zero-order chi connectivity index (χ0) is 12.9. The average Bonchev–Trinajstić information content (AvgIpc) is 2.54. The molecule has 1 unspecified atom stereocenters. The number of carbonyl (C=O) groups is 2. The third kappa shape index (κ3) is 4.34. The number of carboxylic acid groups (broad SMARTS) is 1. The summed E-state index contributed by atoms with van der Waals surface area (Å²) in [4.78, 5) is 22.5. The van der Waals surface area contributed by atoms with Crippen LogP contribution in [0.2, 0.25) is 0 Å². The van der Waals surface area contributed by atoms with Crippen LogP contribution in [0.4, 0.5) is 0 Å². The van der Waals surface area contributed by atoms with Crippen molar-refractivity contribution in [1.29, 1.82) is 0 Å². The van der Waals surface area contributed by atoms with Crippen LogP contribution in [-0.4, -0.2) is 34.2 Å². The number of carboxylic acids is 1. The summed E-state index contributed by atoms with van der Waals surface area (Å²) in [6.07, 6.45) is 6.15. The van der Waals surface area contributed by atoms with Gasteiger partial charge in [0, 0.05) is 5.92 Å². The molecule has 1 fully saturated rings. The van der Waals surface area contributed by atoms with Crippen LogP contribution in [0, 0.1) is 5.92 Å². The molecule has 0 radical (unpaired) electrons. The molecule has 5 heteroatoms. The number of amides is 1. The molecule has 0 bridgehead atoms. The van der Waals surface area contributed by atoms with Crippen LogP contribution in [0.5, 0.6) is 0 Å². The van der Waals surface area contributed by atoms with Gasteiger partial charge in [-0.3, -0.25) is 4.79 Å². The fourth-order valence-corrected chi connectivity index (χ4v) is 2.02. The molecule has 1 aliphatic rings. The van der Waals surface area contributed by atoms with Crippen LogP contribution < -0.4 is 5.32 Å². The minimum Gasteiger partial charge on any atom is -0.479 e. The molecular weight excluding hydrogens is 222 g/mol. The maximum Gasteiger partial charge on any atom is 0.337 e. The minimum absolute atomic E-state index is 0.0258. The molecule has 1 aliphatic carbocycles. The van der Waals surface area contributed by atoms with Gasteiger partial charge in [0.25, 0.3) is 0 Å². The Bertz CT molecular complexity index is 280. The van der Waals surface area contributed by atoms with Crippen LogP contribution in [0.15, 0.2) is 0 Å². The third-order valence-electron chi connectivity index (χ3n) is 3.29. The van der Waals surface area contributed by atoms with Gasteiger partial charge in [0.2, 0.25) is 5.91 Å². The smallest absolute Gasteiger partial charge is 0.337 e. The Balaban J connectivity index is 2.40. The quantitative estimate of drug-likeness (QED) is 0.640. The lowest BCUT2D eigenvalue weighted by Crippen LogP contribution is -2.47. The second-order valence-electron chi connectivity index (χ2n) is 4.99. The van der Waals surface area contributed by atoms with E-state index in [1.807, 2.05) is 0 Å². The van der Waals surface area contributed by atoms with Crippen molar-refractivity contribution in [3.8, 4) is 0 Å². The molecule has 17 heavy (non-hydrogen) atoms. The Morgan fingerprint density at radius 2 is 1.76 bits per heavy atom. The van der Waals surface area contributed by atoms with Gasteiger partial charge in [0.05, 0.1) is 6.54 Å². The third-order valence-corrected chi connectivity index (χ3v) is 3.29. The standard InChI is InChI=1S/C12H21NO4/c1-12(17,11(15)16)8-13-10(14)9-6-4-2-3-5-7-9/h9,17H,2-8H2,1H3,(H,13,14)(H,15,16). The van der Waals surface area contributed by atoms with E-state index in [-0.39, 0.29) is 18.4 Å². The molecule has 98 valence electrons. The Hall–Kier alpha value is -1.10. The van der Waals surface area contributed by atoms with Crippen molar-refractivity contribution in [2.75, 3.05) is 6.54 Å². The fraction of sp³-hybridized carbons (Fsp3) is 0.833. The molecule has 0 aromatic carbocycles. The van der Waals surface area contributed by atoms with Crippen LogP contribution in [0.3, 0.4) is 0 Å². The Labute approximate surface area is 101 Å². The fourth-order valence-electron chi connectivity index (χ4n) is 2.02. The molecule has 0 aliphatic heterocycles. The highest BCUT2D eigenvalue weighted by molar-refractivity contribution is 5.81. The number of rotatable bonds is 4. The van der Waals surface area contributed by atoms with Gasteiger partial charge in [-0.2, -0.15) is 0 Å². The van der Waals surface area contributed by atoms with Crippen molar-refractivity contribution in [1.82, 2.24) is 5.32 Å². The Morgan fingerprint density at radius 1 is 1.24 bits per heavy atom. The van der Waals surface area contributed by atoms with Gasteiger partial charge in [0.15, 0.2) is 5.60 Å². The molecule has 5 nitrogen and oxygen atoms in total. The monoisotopic (exact) mass is 243 g/mol. The summed E-state index contributed by atoms with van der Waals surface area (Å²) in [5.41, 5.74) is -1.89. The SMILES string of the molecule is CC(O)(CNC(=O)C1CCCCCC1)C(=O)O. The molecule has 0 heterocycles. The molecule has 3 N–H and O–H groups in total.